The Morgan fingerprint density at radius 2 is 1.77 bits per heavy atom. The number of thioether (sulfide) groups is 1. The van der Waals surface area contributed by atoms with Gasteiger partial charge in [0.1, 0.15) is 11.6 Å². The van der Waals surface area contributed by atoms with Gasteiger partial charge in [0.05, 0.1) is 11.3 Å². The lowest BCUT2D eigenvalue weighted by Gasteiger charge is -2.11. The largest absolute Gasteiger partial charge is 0.325 e. The van der Waals surface area contributed by atoms with Crippen LogP contribution < -0.4 is 5.32 Å². The van der Waals surface area contributed by atoms with Gasteiger partial charge in [0.2, 0.25) is 5.91 Å². The van der Waals surface area contributed by atoms with E-state index in [1.807, 2.05) is 31.2 Å². The summed E-state index contributed by atoms with van der Waals surface area (Å²) >= 11 is 1.16. The maximum atomic E-state index is 14.5. The van der Waals surface area contributed by atoms with Crippen molar-refractivity contribution in [3.05, 3.63) is 90.0 Å². The molecule has 3 aromatic carbocycles. The highest BCUT2D eigenvalue weighted by Gasteiger charge is 2.19. The van der Waals surface area contributed by atoms with Gasteiger partial charge < -0.3 is 5.32 Å². The summed E-state index contributed by atoms with van der Waals surface area (Å²) in [5, 5.41) is 11.5. The molecule has 0 bridgehead atoms. The fourth-order valence-corrected chi connectivity index (χ4v) is 3.75. The molecule has 156 valence electrons. The van der Waals surface area contributed by atoms with Crippen molar-refractivity contribution in [1.82, 2.24) is 14.8 Å². The number of hydrogen-bond donors (Lipinski definition) is 1. The highest BCUT2D eigenvalue weighted by molar-refractivity contribution is 7.99. The molecule has 31 heavy (non-hydrogen) atoms. The number of halogens is 2. The number of benzene rings is 3. The van der Waals surface area contributed by atoms with E-state index < -0.39 is 11.6 Å². The molecule has 0 atom stereocenters. The second kappa shape index (κ2) is 9.09. The molecule has 4 aromatic rings. The van der Waals surface area contributed by atoms with Gasteiger partial charge in [0, 0.05) is 11.4 Å². The Bertz CT molecular complexity index is 1220. The molecule has 0 fully saturated rings. The molecule has 1 amide bonds. The van der Waals surface area contributed by atoms with Crippen LogP contribution in [-0.4, -0.2) is 26.4 Å². The molecule has 5 nitrogen and oxygen atoms in total. The van der Waals surface area contributed by atoms with Gasteiger partial charge in [-0.25, -0.2) is 8.78 Å². The zero-order valence-electron chi connectivity index (χ0n) is 16.5. The van der Waals surface area contributed by atoms with Gasteiger partial charge in [0.25, 0.3) is 0 Å². The number of carbonyl (C=O) groups is 1. The second-order valence-electron chi connectivity index (χ2n) is 6.80. The number of rotatable bonds is 6. The standard InChI is InChI=1S/C23H18F2N4OS/c1-15-9-11-18(12-10-15)29-22(19-7-2-3-8-20(19)25)27-28-23(29)31-14-21(30)26-17-6-4-5-16(24)13-17/h2-13H,14H2,1H3,(H,26,30). The quantitative estimate of drug-likeness (QED) is 0.419. The van der Waals surface area contributed by atoms with Crippen LogP contribution in [0.25, 0.3) is 17.1 Å². The number of nitrogens with zero attached hydrogens (tertiary/aromatic N) is 3. The predicted molar refractivity (Wildman–Crippen MR) is 117 cm³/mol. The number of nitrogens with one attached hydrogen (secondary N) is 1. The van der Waals surface area contributed by atoms with Crippen molar-refractivity contribution in [3.8, 4) is 17.1 Å². The van der Waals surface area contributed by atoms with Crippen LogP contribution >= 0.6 is 11.8 Å². The Morgan fingerprint density at radius 3 is 2.52 bits per heavy atom. The van der Waals surface area contributed by atoms with Crippen LogP contribution in [0.5, 0.6) is 0 Å². The van der Waals surface area contributed by atoms with Crippen LogP contribution in [0, 0.1) is 18.6 Å². The van der Waals surface area contributed by atoms with Crippen molar-refractivity contribution in [1.29, 1.82) is 0 Å². The molecule has 1 heterocycles. The topological polar surface area (TPSA) is 59.8 Å². The van der Waals surface area contributed by atoms with Crippen LogP contribution in [0.15, 0.2) is 78.0 Å². The van der Waals surface area contributed by atoms with Gasteiger partial charge in [-0.05, 0) is 49.4 Å². The molecule has 1 aromatic heterocycles. The third kappa shape index (κ3) is 4.80. The molecular weight excluding hydrogens is 418 g/mol. The zero-order valence-corrected chi connectivity index (χ0v) is 17.4. The first kappa shape index (κ1) is 20.7. The normalized spacial score (nSPS) is 10.8. The van der Waals surface area contributed by atoms with Gasteiger partial charge in [-0.3, -0.25) is 9.36 Å². The van der Waals surface area contributed by atoms with Crippen molar-refractivity contribution >= 4 is 23.4 Å². The lowest BCUT2D eigenvalue weighted by molar-refractivity contribution is -0.113. The Balaban J connectivity index is 1.62. The van der Waals surface area contributed by atoms with Gasteiger partial charge in [-0.2, -0.15) is 0 Å². The van der Waals surface area contributed by atoms with E-state index in [0.717, 1.165) is 23.0 Å². The highest BCUT2D eigenvalue weighted by Crippen LogP contribution is 2.29. The molecule has 0 spiro atoms. The summed E-state index contributed by atoms with van der Waals surface area (Å²) in [5.41, 5.74) is 2.51. The van der Waals surface area contributed by atoms with E-state index >= 15 is 0 Å². The van der Waals surface area contributed by atoms with Gasteiger partial charge >= 0.3 is 0 Å². The second-order valence-corrected chi connectivity index (χ2v) is 7.75. The zero-order chi connectivity index (χ0) is 21.8. The minimum atomic E-state index is -0.431. The molecule has 0 aliphatic heterocycles. The summed E-state index contributed by atoms with van der Waals surface area (Å²) in [6.45, 7) is 1.97. The van der Waals surface area contributed by atoms with Crippen LogP contribution in [-0.2, 0) is 4.79 Å². The minimum Gasteiger partial charge on any atom is -0.325 e. The first-order valence-corrected chi connectivity index (χ1v) is 10.5. The minimum absolute atomic E-state index is 0.0256. The lowest BCUT2D eigenvalue weighted by Crippen LogP contribution is -2.14. The number of anilines is 1. The smallest absolute Gasteiger partial charge is 0.234 e. The van der Waals surface area contributed by atoms with Crippen molar-refractivity contribution in [3.63, 3.8) is 0 Å². The summed E-state index contributed by atoms with van der Waals surface area (Å²) < 4.78 is 29.5. The first-order chi connectivity index (χ1) is 15.0. The van der Waals surface area contributed by atoms with E-state index in [0.29, 0.717) is 22.2 Å². The van der Waals surface area contributed by atoms with Crippen LogP contribution in [0.3, 0.4) is 0 Å². The Morgan fingerprint density at radius 1 is 1.00 bits per heavy atom. The molecule has 0 unspecified atom stereocenters. The van der Waals surface area contributed by atoms with Gasteiger partial charge in [-0.15, -0.1) is 10.2 Å². The lowest BCUT2D eigenvalue weighted by atomic mass is 10.2. The average Bonchev–Trinajstić information content (AvgIpc) is 3.17. The van der Waals surface area contributed by atoms with E-state index in [9.17, 15) is 13.6 Å². The van der Waals surface area contributed by atoms with Crippen molar-refractivity contribution in [2.75, 3.05) is 11.1 Å². The number of aromatic nitrogens is 3. The maximum absolute atomic E-state index is 14.5. The molecule has 0 radical (unpaired) electrons. The number of hydrogen-bond acceptors (Lipinski definition) is 4. The maximum Gasteiger partial charge on any atom is 0.234 e. The Kier molecular flexibility index (Phi) is 6.08. The fourth-order valence-electron chi connectivity index (χ4n) is 3.00. The molecule has 8 heteroatoms. The van der Waals surface area contributed by atoms with E-state index in [-0.39, 0.29) is 11.7 Å². The predicted octanol–water partition coefficient (Wildman–Crippen LogP) is 5.25. The molecule has 0 aliphatic rings. The molecular formula is C23H18F2N4OS. The third-order valence-corrected chi connectivity index (χ3v) is 5.41. The van der Waals surface area contributed by atoms with Crippen molar-refractivity contribution in [2.24, 2.45) is 0 Å². The van der Waals surface area contributed by atoms with Crippen molar-refractivity contribution < 1.29 is 13.6 Å². The summed E-state index contributed by atoms with van der Waals surface area (Å²) in [6.07, 6.45) is 0. The summed E-state index contributed by atoms with van der Waals surface area (Å²) in [4.78, 5) is 12.3. The van der Waals surface area contributed by atoms with Gasteiger partial charge in [0.15, 0.2) is 11.0 Å². The first-order valence-electron chi connectivity index (χ1n) is 9.47. The molecule has 1 N–H and O–H groups in total. The Labute approximate surface area is 182 Å². The third-order valence-electron chi connectivity index (χ3n) is 4.48. The van der Waals surface area contributed by atoms with E-state index in [4.69, 9.17) is 0 Å². The Hall–Kier alpha value is -3.52. The van der Waals surface area contributed by atoms with E-state index in [2.05, 4.69) is 15.5 Å². The van der Waals surface area contributed by atoms with E-state index in [1.54, 1.807) is 28.8 Å². The number of aryl methyl sites for hydroxylation is 1. The number of amides is 1. The van der Waals surface area contributed by atoms with E-state index in [1.165, 1.54) is 24.3 Å². The number of carbonyl (C=O) groups excluding carboxylic acids is 1. The fraction of sp³-hybridized carbons (Fsp3) is 0.0870. The molecule has 0 aliphatic carbocycles. The summed E-state index contributed by atoms with van der Waals surface area (Å²) in [6, 6.07) is 19.7. The van der Waals surface area contributed by atoms with Crippen molar-refractivity contribution in [2.45, 2.75) is 12.1 Å². The van der Waals surface area contributed by atoms with Crippen LogP contribution in [0.2, 0.25) is 0 Å². The monoisotopic (exact) mass is 436 g/mol. The summed E-state index contributed by atoms with van der Waals surface area (Å²) in [5.74, 6) is -0.795. The van der Waals surface area contributed by atoms with Crippen LogP contribution in [0.1, 0.15) is 5.56 Å². The van der Waals surface area contributed by atoms with Gasteiger partial charge in [-0.1, -0.05) is 47.7 Å². The average molecular weight is 436 g/mol. The molecule has 0 saturated heterocycles. The molecule has 4 rings (SSSR count). The molecule has 0 saturated carbocycles. The van der Waals surface area contributed by atoms with Crippen LogP contribution in [0.4, 0.5) is 14.5 Å². The SMILES string of the molecule is Cc1ccc(-n2c(SCC(=O)Nc3cccc(F)c3)nnc2-c2ccccc2F)cc1. The highest BCUT2D eigenvalue weighted by atomic mass is 32.2. The summed E-state index contributed by atoms with van der Waals surface area (Å²) in [7, 11) is 0.